The van der Waals surface area contributed by atoms with Crippen LogP contribution in [0.15, 0.2) is 42.6 Å². The van der Waals surface area contributed by atoms with E-state index >= 15 is 0 Å². The summed E-state index contributed by atoms with van der Waals surface area (Å²) in [4.78, 5) is 21.5. The number of carbonyl (C=O) groups is 1. The lowest BCUT2D eigenvalue weighted by atomic mass is 9.94. The molecule has 1 amide bonds. The first-order chi connectivity index (χ1) is 13.1. The van der Waals surface area contributed by atoms with Gasteiger partial charge in [-0.3, -0.25) is 14.7 Å². The Morgan fingerprint density at radius 1 is 1.19 bits per heavy atom. The minimum atomic E-state index is -0.261. The van der Waals surface area contributed by atoms with Crippen LogP contribution < -0.4 is 4.74 Å². The van der Waals surface area contributed by atoms with Crippen molar-refractivity contribution in [2.75, 3.05) is 20.2 Å². The Morgan fingerprint density at radius 2 is 2.07 bits per heavy atom. The van der Waals surface area contributed by atoms with E-state index in [1.165, 1.54) is 13.2 Å². The van der Waals surface area contributed by atoms with Gasteiger partial charge in [-0.1, -0.05) is 12.1 Å². The molecule has 1 aromatic heterocycles. The second kappa shape index (κ2) is 7.64. The molecule has 5 nitrogen and oxygen atoms in total. The second-order valence-electron chi connectivity index (χ2n) is 7.37. The lowest BCUT2D eigenvalue weighted by molar-refractivity contribution is -0.140. The van der Waals surface area contributed by atoms with Crippen molar-refractivity contribution in [3.63, 3.8) is 0 Å². The van der Waals surface area contributed by atoms with E-state index in [2.05, 4.69) is 9.88 Å². The number of pyridine rings is 1. The molecule has 3 aliphatic heterocycles. The highest BCUT2D eigenvalue weighted by Crippen LogP contribution is 2.31. The van der Waals surface area contributed by atoms with Crippen LogP contribution in [-0.2, 0) is 17.9 Å². The number of amides is 1. The van der Waals surface area contributed by atoms with E-state index in [0.717, 1.165) is 25.1 Å². The van der Waals surface area contributed by atoms with Gasteiger partial charge in [0.1, 0.15) is 11.6 Å². The zero-order chi connectivity index (χ0) is 18.8. The van der Waals surface area contributed by atoms with Gasteiger partial charge in [0.25, 0.3) is 0 Å². The summed E-state index contributed by atoms with van der Waals surface area (Å²) in [5, 5.41) is 0. The Bertz CT molecular complexity index is 814. The fourth-order valence-corrected chi connectivity index (χ4v) is 4.16. The molecule has 0 aliphatic carbocycles. The molecule has 0 N–H and O–H groups in total. The molecular weight excluding hydrogens is 345 g/mol. The molecule has 0 radical (unpaired) electrons. The van der Waals surface area contributed by atoms with Crippen molar-refractivity contribution in [1.29, 1.82) is 0 Å². The van der Waals surface area contributed by atoms with Crippen LogP contribution in [-0.4, -0.2) is 46.9 Å². The van der Waals surface area contributed by atoms with Crippen molar-refractivity contribution < 1.29 is 13.9 Å². The van der Waals surface area contributed by atoms with Crippen molar-refractivity contribution in [3.05, 3.63) is 59.7 Å². The average Bonchev–Trinajstić information content (AvgIpc) is 2.96. The normalized spacial score (nSPS) is 22.7. The third-order valence-electron chi connectivity index (χ3n) is 5.58. The summed E-state index contributed by atoms with van der Waals surface area (Å²) in [5.74, 6) is 0.440. The molecule has 27 heavy (non-hydrogen) atoms. The van der Waals surface area contributed by atoms with Gasteiger partial charge in [0.05, 0.1) is 25.3 Å². The van der Waals surface area contributed by atoms with Crippen LogP contribution in [0.2, 0.25) is 0 Å². The van der Waals surface area contributed by atoms with Crippen molar-refractivity contribution in [3.8, 4) is 5.75 Å². The van der Waals surface area contributed by atoms with E-state index < -0.39 is 0 Å². The van der Waals surface area contributed by atoms with Crippen LogP contribution in [0, 0.1) is 11.7 Å². The summed E-state index contributed by atoms with van der Waals surface area (Å²) in [6.45, 7) is 2.50. The first-order valence-electron chi connectivity index (χ1n) is 9.39. The monoisotopic (exact) mass is 369 g/mol. The van der Waals surface area contributed by atoms with Gasteiger partial charge in [-0.15, -0.1) is 0 Å². The van der Waals surface area contributed by atoms with Gasteiger partial charge in [0, 0.05) is 43.5 Å². The molecule has 3 aliphatic rings. The molecule has 3 fully saturated rings. The van der Waals surface area contributed by atoms with Gasteiger partial charge in [-0.05, 0) is 31.0 Å². The van der Waals surface area contributed by atoms with E-state index in [0.29, 0.717) is 30.9 Å². The van der Waals surface area contributed by atoms with Crippen molar-refractivity contribution in [1.82, 2.24) is 14.8 Å². The van der Waals surface area contributed by atoms with Gasteiger partial charge >= 0.3 is 0 Å². The number of piperidine rings is 1. The van der Waals surface area contributed by atoms with E-state index in [9.17, 15) is 9.18 Å². The summed E-state index contributed by atoms with van der Waals surface area (Å²) in [6, 6.07) is 10.9. The zero-order valence-electron chi connectivity index (χ0n) is 15.5. The van der Waals surface area contributed by atoms with Crippen LogP contribution in [0.25, 0.3) is 0 Å². The lowest BCUT2D eigenvalue weighted by Crippen LogP contribution is -2.47. The van der Waals surface area contributed by atoms with Gasteiger partial charge < -0.3 is 9.64 Å². The van der Waals surface area contributed by atoms with E-state index in [1.807, 2.05) is 23.1 Å². The number of hydrogen-bond donors (Lipinski definition) is 0. The SMILES string of the molecule is COc1ccc(CN2C[C@@H]3CC[C@H](C2)N(Cc2ccccn2)C3=O)c(F)c1. The highest BCUT2D eigenvalue weighted by Gasteiger charge is 2.40. The summed E-state index contributed by atoms with van der Waals surface area (Å²) in [5.41, 5.74) is 1.55. The maximum Gasteiger partial charge on any atom is 0.227 e. The first kappa shape index (κ1) is 17.9. The van der Waals surface area contributed by atoms with Crippen molar-refractivity contribution >= 4 is 5.91 Å². The summed E-state index contributed by atoms with van der Waals surface area (Å²) < 4.78 is 19.4. The lowest BCUT2D eigenvalue weighted by Gasteiger charge is -2.35. The third-order valence-corrected chi connectivity index (χ3v) is 5.58. The van der Waals surface area contributed by atoms with Crippen LogP contribution in [0.1, 0.15) is 24.1 Å². The maximum absolute atomic E-state index is 14.4. The number of fused-ring (bicyclic) bond motifs is 4. The quantitative estimate of drug-likeness (QED) is 0.813. The van der Waals surface area contributed by atoms with Gasteiger partial charge in [0.15, 0.2) is 0 Å². The zero-order valence-corrected chi connectivity index (χ0v) is 15.5. The molecule has 2 atom stereocenters. The fourth-order valence-electron chi connectivity index (χ4n) is 4.16. The Hall–Kier alpha value is -2.47. The minimum Gasteiger partial charge on any atom is -0.497 e. The number of carbonyl (C=O) groups excluding carboxylic acids is 1. The number of ether oxygens (including phenoxy) is 1. The van der Waals surface area contributed by atoms with Crippen LogP contribution in [0.4, 0.5) is 4.39 Å². The predicted octanol–water partition coefficient (Wildman–Crippen LogP) is 2.85. The fraction of sp³-hybridized carbons (Fsp3) is 0.429. The van der Waals surface area contributed by atoms with Crippen molar-refractivity contribution in [2.24, 2.45) is 5.92 Å². The highest BCUT2D eigenvalue weighted by atomic mass is 19.1. The summed E-state index contributed by atoms with van der Waals surface area (Å²) in [7, 11) is 1.53. The highest BCUT2D eigenvalue weighted by molar-refractivity contribution is 5.80. The van der Waals surface area contributed by atoms with E-state index in [4.69, 9.17) is 4.74 Å². The van der Waals surface area contributed by atoms with Gasteiger partial charge in [-0.2, -0.15) is 0 Å². The van der Waals surface area contributed by atoms with Crippen LogP contribution in [0.3, 0.4) is 0 Å². The minimum absolute atomic E-state index is 0.0197. The molecule has 0 saturated carbocycles. The molecule has 2 bridgehead atoms. The Balaban J connectivity index is 1.50. The molecule has 1 aromatic carbocycles. The molecule has 6 heteroatoms. The maximum atomic E-state index is 14.4. The molecule has 2 aromatic rings. The molecule has 142 valence electrons. The first-order valence-corrected chi connectivity index (χ1v) is 9.39. The van der Waals surface area contributed by atoms with Crippen LogP contribution >= 0.6 is 0 Å². The van der Waals surface area contributed by atoms with Gasteiger partial charge in [0.2, 0.25) is 5.91 Å². The molecule has 0 spiro atoms. The summed E-state index contributed by atoms with van der Waals surface area (Å²) >= 11 is 0. The number of hydrogen-bond acceptors (Lipinski definition) is 4. The largest absolute Gasteiger partial charge is 0.497 e. The second-order valence-corrected chi connectivity index (χ2v) is 7.37. The third kappa shape index (κ3) is 3.81. The smallest absolute Gasteiger partial charge is 0.227 e. The molecule has 3 saturated heterocycles. The number of methoxy groups -OCH3 is 1. The Kier molecular flexibility index (Phi) is 5.07. The molecule has 0 unspecified atom stereocenters. The number of halogens is 1. The van der Waals surface area contributed by atoms with E-state index in [1.54, 1.807) is 18.3 Å². The number of benzene rings is 1. The standard InChI is InChI=1S/C21H24FN3O2/c1-27-19-8-6-15(20(22)10-19)11-24-12-16-5-7-18(14-24)25(21(16)26)13-17-4-2-3-9-23-17/h2-4,6,8-10,16,18H,5,7,11-14H2,1H3/t16-,18+/m0/s1. The Labute approximate surface area is 158 Å². The average molecular weight is 369 g/mol. The van der Waals surface area contributed by atoms with Crippen molar-refractivity contribution in [2.45, 2.75) is 32.0 Å². The summed E-state index contributed by atoms with van der Waals surface area (Å²) in [6.07, 6.45) is 3.66. The Morgan fingerprint density at radius 3 is 2.81 bits per heavy atom. The number of nitrogens with zero attached hydrogens (tertiary/aromatic N) is 3. The van der Waals surface area contributed by atoms with E-state index in [-0.39, 0.29) is 23.7 Å². The van der Waals surface area contributed by atoms with Gasteiger partial charge in [-0.25, -0.2) is 4.39 Å². The number of aromatic nitrogens is 1. The molecular formula is C21H24FN3O2. The van der Waals surface area contributed by atoms with Crippen LogP contribution in [0.5, 0.6) is 5.75 Å². The predicted molar refractivity (Wildman–Crippen MR) is 99.5 cm³/mol. The molecule has 5 rings (SSSR count). The molecule has 4 heterocycles. The topological polar surface area (TPSA) is 45.7 Å². The number of rotatable bonds is 5.